The van der Waals surface area contributed by atoms with E-state index in [9.17, 15) is 14.7 Å². The van der Waals surface area contributed by atoms with Gasteiger partial charge in [-0.25, -0.2) is 13.6 Å². The molecular weight excluding hydrogens is 652 g/mol. The molecule has 4 aromatic carbocycles. The Morgan fingerprint density at radius 1 is 0.882 bits per heavy atom. The first kappa shape index (κ1) is 35.5. The Morgan fingerprint density at radius 2 is 1.57 bits per heavy atom. The molecule has 0 bridgehead atoms. The van der Waals surface area contributed by atoms with E-state index in [1.165, 1.54) is 25.3 Å². The highest BCUT2D eigenvalue weighted by molar-refractivity contribution is 6.02. The van der Waals surface area contributed by atoms with Crippen LogP contribution >= 0.6 is 0 Å². The maximum absolute atomic E-state index is 15.9. The molecule has 51 heavy (non-hydrogen) atoms. The molecule has 8 nitrogen and oxygen atoms in total. The van der Waals surface area contributed by atoms with Crippen molar-refractivity contribution in [3.05, 3.63) is 113 Å². The van der Waals surface area contributed by atoms with E-state index in [-0.39, 0.29) is 12.0 Å². The maximum atomic E-state index is 15.9. The van der Waals surface area contributed by atoms with Gasteiger partial charge in [-0.2, -0.15) is 0 Å². The van der Waals surface area contributed by atoms with Crippen molar-refractivity contribution in [2.75, 3.05) is 27.3 Å². The summed E-state index contributed by atoms with van der Waals surface area (Å²) in [4.78, 5) is 32.6. The van der Waals surface area contributed by atoms with Crippen molar-refractivity contribution in [2.45, 2.75) is 52.1 Å². The lowest BCUT2D eigenvalue weighted by Gasteiger charge is -2.27. The van der Waals surface area contributed by atoms with Crippen LogP contribution in [0.3, 0.4) is 0 Å². The molecule has 10 heteroatoms. The number of ether oxygens (including phenoxy) is 2. The molecule has 0 saturated carbocycles. The van der Waals surface area contributed by atoms with E-state index in [2.05, 4.69) is 15.2 Å². The molecule has 0 radical (unpaired) electrons. The minimum Gasteiger partial charge on any atom is -0.496 e. The number of fused-ring (bicyclic) bond motifs is 1. The summed E-state index contributed by atoms with van der Waals surface area (Å²) in [6, 6.07) is 17.8. The van der Waals surface area contributed by atoms with E-state index in [4.69, 9.17) is 9.47 Å². The number of halogens is 2. The number of carboxylic acid groups (broad SMARTS) is 1. The third kappa shape index (κ3) is 7.28. The zero-order valence-corrected chi connectivity index (χ0v) is 29.2. The van der Waals surface area contributed by atoms with Crippen molar-refractivity contribution in [3.63, 3.8) is 0 Å². The molecule has 2 N–H and O–H groups in total. The average molecular weight is 694 g/mol. The molecule has 2 heterocycles. The van der Waals surface area contributed by atoms with Gasteiger partial charge in [0.2, 0.25) is 0 Å². The number of hydrogen-bond donors (Lipinski definition) is 2. The van der Waals surface area contributed by atoms with Gasteiger partial charge in [-0.15, -0.1) is 0 Å². The van der Waals surface area contributed by atoms with Crippen LogP contribution in [0.25, 0.3) is 33.0 Å². The molecule has 1 amide bonds. The van der Waals surface area contributed by atoms with Crippen LogP contribution in [0.2, 0.25) is 0 Å². The molecule has 1 fully saturated rings. The number of carbonyl (C=O) groups is 2. The van der Waals surface area contributed by atoms with Crippen molar-refractivity contribution in [1.29, 1.82) is 0 Å². The van der Waals surface area contributed by atoms with Gasteiger partial charge in [0, 0.05) is 36.0 Å². The zero-order chi connectivity index (χ0) is 36.2. The topological polar surface area (TPSA) is 101 Å². The van der Waals surface area contributed by atoms with Crippen LogP contribution in [0, 0.1) is 25.5 Å². The molecule has 0 unspecified atom stereocenters. The van der Waals surface area contributed by atoms with Gasteiger partial charge in [-0.1, -0.05) is 42.8 Å². The molecule has 6 rings (SSSR count). The monoisotopic (exact) mass is 693 g/mol. The van der Waals surface area contributed by atoms with Crippen molar-refractivity contribution < 1.29 is 33.0 Å². The second-order valence-electron chi connectivity index (χ2n) is 13.0. The van der Waals surface area contributed by atoms with Gasteiger partial charge in [0.25, 0.3) is 5.91 Å². The third-order valence-corrected chi connectivity index (χ3v) is 9.67. The normalized spacial score (nSPS) is 13.9. The van der Waals surface area contributed by atoms with Gasteiger partial charge in [0.05, 0.1) is 19.8 Å². The number of aryl methyl sites for hydroxylation is 2. The Balaban J connectivity index is 1.33. The summed E-state index contributed by atoms with van der Waals surface area (Å²) in [5, 5.41) is 14.2. The summed E-state index contributed by atoms with van der Waals surface area (Å²) in [5.41, 5.74) is 4.08. The average Bonchev–Trinajstić information content (AvgIpc) is 3.12. The SMILES string of the molecule is COc1cc(CN2CCCCC2)cc(OC)c1-c1cccc2c(C[C@H](NC(=O)c3c(F)ccc(-c4c(C)ccnc4C)c3F)C(=O)O)cccc12. The number of nitrogens with one attached hydrogen (secondary N) is 1. The molecule has 5 aromatic rings. The highest BCUT2D eigenvalue weighted by Gasteiger charge is 2.28. The maximum Gasteiger partial charge on any atom is 0.326 e. The van der Waals surface area contributed by atoms with Gasteiger partial charge < -0.3 is 19.9 Å². The fourth-order valence-electron chi connectivity index (χ4n) is 7.18. The Hall–Kier alpha value is -5.35. The first-order valence-corrected chi connectivity index (χ1v) is 17.0. The van der Waals surface area contributed by atoms with E-state index in [1.807, 2.05) is 42.5 Å². The van der Waals surface area contributed by atoms with Gasteiger partial charge in [0.15, 0.2) is 0 Å². The number of hydrogen-bond acceptors (Lipinski definition) is 6. The summed E-state index contributed by atoms with van der Waals surface area (Å²) in [5.74, 6) is -3.40. The molecule has 1 aliphatic heterocycles. The lowest BCUT2D eigenvalue weighted by Crippen LogP contribution is -2.43. The third-order valence-electron chi connectivity index (χ3n) is 9.67. The van der Waals surface area contributed by atoms with Crippen LogP contribution in [-0.4, -0.2) is 60.2 Å². The second-order valence-corrected chi connectivity index (χ2v) is 13.0. The summed E-state index contributed by atoms with van der Waals surface area (Å²) < 4.78 is 42.8. The van der Waals surface area contributed by atoms with E-state index in [1.54, 1.807) is 46.4 Å². The van der Waals surface area contributed by atoms with Gasteiger partial charge in [-0.3, -0.25) is 14.7 Å². The van der Waals surface area contributed by atoms with Crippen LogP contribution in [0.1, 0.15) is 52.0 Å². The second kappa shape index (κ2) is 15.3. The molecule has 0 aliphatic carbocycles. The van der Waals surface area contributed by atoms with E-state index in [0.717, 1.165) is 53.2 Å². The predicted octanol–water partition coefficient (Wildman–Crippen LogP) is 7.89. The number of likely N-dealkylation sites (tertiary alicyclic amines) is 1. The van der Waals surface area contributed by atoms with E-state index >= 15 is 8.78 Å². The Bertz CT molecular complexity index is 2070. The number of methoxy groups -OCH3 is 2. The van der Waals surface area contributed by atoms with E-state index < -0.39 is 35.1 Å². The van der Waals surface area contributed by atoms with Crippen molar-refractivity contribution >= 4 is 22.6 Å². The molecule has 1 saturated heterocycles. The first-order valence-electron chi connectivity index (χ1n) is 17.0. The smallest absolute Gasteiger partial charge is 0.326 e. The first-order chi connectivity index (χ1) is 24.6. The summed E-state index contributed by atoms with van der Waals surface area (Å²) in [6.07, 6.45) is 5.06. The number of pyridine rings is 1. The molecule has 264 valence electrons. The number of nitrogens with zero attached hydrogens (tertiary/aromatic N) is 2. The van der Waals surface area contributed by atoms with Crippen LogP contribution in [0.5, 0.6) is 11.5 Å². The number of carbonyl (C=O) groups excluding carboxylic acids is 1. The van der Waals surface area contributed by atoms with Gasteiger partial charge >= 0.3 is 5.97 Å². The Kier molecular flexibility index (Phi) is 10.6. The van der Waals surface area contributed by atoms with Gasteiger partial charge in [0.1, 0.15) is 34.7 Å². The summed E-state index contributed by atoms with van der Waals surface area (Å²) in [6.45, 7) is 6.35. The molecule has 1 atom stereocenters. The fourth-order valence-corrected chi connectivity index (χ4v) is 7.18. The quantitative estimate of drug-likeness (QED) is 0.145. The van der Waals surface area contributed by atoms with Crippen LogP contribution < -0.4 is 14.8 Å². The minimum absolute atomic E-state index is 0.00323. The Labute approximate surface area is 296 Å². The Morgan fingerprint density at radius 3 is 2.24 bits per heavy atom. The van der Waals surface area contributed by atoms with Gasteiger partial charge in [-0.05, 0) is 103 Å². The number of carboxylic acids is 1. The fraction of sp³-hybridized carbons (Fsp3) is 0.293. The number of amides is 1. The number of benzene rings is 4. The van der Waals surface area contributed by atoms with Crippen molar-refractivity contribution in [3.8, 4) is 33.8 Å². The predicted molar refractivity (Wildman–Crippen MR) is 193 cm³/mol. The number of piperidine rings is 1. The molecule has 1 aromatic heterocycles. The standard InChI is InChI=1S/C41H41F2N3O5/c1-24-16-17-44-25(2)36(24)31-14-15-32(42)38(39(31)43)40(47)45-33(41(48)49)22-27-10-8-12-29-28(27)11-9-13-30(29)37-34(50-3)20-26(21-35(37)51-4)23-46-18-6-5-7-19-46/h8-17,20-21,33H,5-7,18-19,22-23H2,1-4H3,(H,45,47)(H,48,49)/t33-/m0/s1. The van der Waals surface area contributed by atoms with Crippen molar-refractivity contribution in [1.82, 2.24) is 15.2 Å². The van der Waals surface area contributed by atoms with Crippen LogP contribution in [0.4, 0.5) is 8.78 Å². The largest absolute Gasteiger partial charge is 0.496 e. The number of rotatable bonds is 11. The highest BCUT2D eigenvalue weighted by atomic mass is 19.1. The molecule has 1 aliphatic rings. The number of aromatic nitrogens is 1. The van der Waals surface area contributed by atoms with Crippen molar-refractivity contribution in [2.24, 2.45) is 0 Å². The van der Waals surface area contributed by atoms with E-state index in [0.29, 0.717) is 33.9 Å². The highest BCUT2D eigenvalue weighted by Crippen LogP contribution is 2.43. The lowest BCUT2D eigenvalue weighted by molar-refractivity contribution is -0.139. The molecular formula is C41H41F2N3O5. The van der Waals surface area contributed by atoms with Crippen LogP contribution in [0.15, 0.2) is 72.9 Å². The zero-order valence-electron chi connectivity index (χ0n) is 29.2. The minimum atomic E-state index is -1.49. The lowest BCUT2D eigenvalue weighted by atomic mass is 9.91. The van der Waals surface area contributed by atoms with Crippen LogP contribution in [-0.2, 0) is 17.8 Å². The molecule has 0 spiro atoms. The summed E-state index contributed by atoms with van der Waals surface area (Å²) >= 11 is 0. The number of aliphatic carboxylic acids is 1. The summed E-state index contributed by atoms with van der Waals surface area (Å²) in [7, 11) is 3.25.